The Balaban J connectivity index is 2.68. The lowest BCUT2D eigenvalue weighted by Gasteiger charge is -2.05. The minimum atomic E-state index is -4.48. The van der Waals surface area contributed by atoms with E-state index in [1.807, 2.05) is 0 Å². The smallest absolute Gasteiger partial charge is 0.416 e. The number of hydrogen-bond acceptors (Lipinski definition) is 3. The molecule has 2 aromatic rings. The Kier molecular flexibility index (Phi) is 2.27. The van der Waals surface area contributed by atoms with Crippen molar-refractivity contribution in [2.45, 2.75) is 6.18 Å². The van der Waals surface area contributed by atoms with Gasteiger partial charge >= 0.3 is 6.18 Å². The summed E-state index contributed by atoms with van der Waals surface area (Å²) in [5, 5.41) is 0.229. The lowest BCUT2D eigenvalue weighted by molar-refractivity contribution is -0.137. The lowest BCUT2D eigenvalue weighted by Crippen LogP contribution is -2.11. The van der Waals surface area contributed by atoms with Gasteiger partial charge in [-0.3, -0.25) is 4.79 Å². The predicted octanol–water partition coefficient (Wildman–Crippen LogP) is 2.13. The Hall–Kier alpha value is -2.18. The minimum Gasteiger partial charge on any atom is -0.449 e. The standard InChI is InChI=1S/C10H7F3N2O2/c11-10(12,13)4-1-2-5-6(3-4)17-8(7(5)14)9(15)16/h1-3H,14H2,(H2,15,16). The first-order valence-corrected chi connectivity index (χ1v) is 4.49. The van der Waals surface area contributed by atoms with E-state index < -0.39 is 17.6 Å². The Morgan fingerprint density at radius 3 is 2.47 bits per heavy atom. The maximum atomic E-state index is 12.4. The molecule has 4 nitrogen and oxygen atoms in total. The molecule has 1 aromatic heterocycles. The summed E-state index contributed by atoms with van der Waals surface area (Å²) in [5.41, 5.74) is 9.44. The van der Waals surface area contributed by atoms with Crippen molar-refractivity contribution < 1.29 is 22.4 Å². The van der Waals surface area contributed by atoms with Gasteiger partial charge in [-0.05, 0) is 18.2 Å². The van der Waals surface area contributed by atoms with Crippen molar-refractivity contribution in [3.05, 3.63) is 29.5 Å². The van der Waals surface area contributed by atoms with Crippen LogP contribution in [0.5, 0.6) is 0 Å². The fraction of sp³-hybridized carbons (Fsp3) is 0.100. The normalized spacial score (nSPS) is 11.9. The largest absolute Gasteiger partial charge is 0.449 e. The van der Waals surface area contributed by atoms with Crippen LogP contribution in [-0.2, 0) is 6.18 Å². The molecule has 1 amide bonds. The van der Waals surface area contributed by atoms with Gasteiger partial charge in [-0.15, -0.1) is 0 Å². The molecule has 0 saturated heterocycles. The number of alkyl halides is 3. The molecule has 0 fully saturated rings. The first-order chi connectivity index (χ1) is 7.80. The topological polar surface area (TPSA) is 82.2 Å². The van der Waals surface area contributed by atoms with Crippen LogP contribution in [-0.4, -0.2) is 5.91 Å². The number of primary amides is 1. The number of hydrogen-bond donors (Lipinski definition) is 2. The molecule has 2 rings (SSSR count). The van der Waals surface area contributed by atoms with Gasteiger partial charge in [0.25, 0.3) is 5.91 Å². The molecule has 1 heterocycles. The van der Waals surface area contributed by atoms with Crippen molar-refractivity contribution in [3.8, 4) is 0 Å². The van der Waals surface area contributed by atoms with Gasteiger partial charge in [0, 0.05) is 5.39 Å². The number of nitrogens with two attached hydrogens (primary N) is 2. The van der Waals surface area contributed by atoms with Crippen LogP contribution < -0.4 is 11.5 Å². The molecule has 4 N–H and O–H groups in total. The van der Waals surface area contributed by atoms with Crippen LogP contribution in [0.2, 0.25) is 0 Å². The Morgan fingerprint density at radius 1 is 1.29 bits per heavy atom. The number of fused-ring (bicyclic) bond motifs is 1. The summed E-state index contributed by atoms with van der Waals surface area (Å²) in [6, 6.07) is 2.78. The van der Waals surface area contributed by atoms with Gasteiger partial charge in [-0.25, -0.2) is 0 Å². The summed E-state index contributed by atoms with van der Waals surface area (Å²) < 4.78 is 42.1. The molecular weight excluding hydrogens is 237 g/mol. The van der Waals surface area contributed by atoms with E-state index in [1.165, 1.54) is 0 Å². The highest BCUT2D eigenvalue weighted by atomic mass is 19.4. The number of halogens is 3. The Bertz CT molecular complexity index is 601. The monoisotopic (exact) mass is 244 g/mol. The number of rotatable bonds is 1. The van der Waals surface area contributed by atoms with E-state index in [2.05, 4.69) is 0 Å². The van der Waals surface area contributed by atoms with E-state index >= 15 is 0 Å². The van der Waals surface area contributed by atoms with Gasteiger partial charge in [0.05, 0.1) is 11.3 Å². The van der Waals surface area contributed by atoms with Crippen molar-refractivity contribution in [2.75, 3.05) is 5.73 Å². The molecule has 0 unspecified atom stereocenters. The third-order valence-electron chi connectivity index (χ3n) is 2.28. The van der Waals surface area contributed by atoms with Crippen LogP contribution in [0.3, 0.4) is 0 Å². The fourth-order valence-electron chi connectivity index (χ4n) is 1.48. The summed E-state index contributed by atoms with van der Waals surface area (Å²) in [4.78, 5) is 10.9. The highest BCUT2D eigenvalue weighted by molar-refractivity contribution is 6.04. The van der Waals surface area contributed by atoms with E-state index in [0.29, 0.717) is 0 Å². The van der Waals surface area contributed by atoms with Crippen molar-refractivity contribution in [3.63, 3.8) is 0 Å². The van der Waals surface area contributed by atoms with Crippen LogP contribution in [0.1, 0.15) is 16.1 Å². The molecule has 0 aliphatic carbocycles. The number of benzene rings is 1. The number of furan rings is 1. The van der Waals surface area contributed by atoms with Gasteiger partial charge in [0.2, 0.25) is 5.76 Å². The summed E-state index contributed by atoms with van der Waals surface area (Å²) in [6.07, 6.45) is -4.48. The maximum Gasteiger partial charge on any atom is 0.416 e. The van der Waals surface area contributed by atoms with E-state index in [0.717, 1.165) is 18.2 Å². The predicted molar refractivity (Wildman–Crippen MR) is 54.1 cm³/mol. The SMILES string of the molecule is NC(=O)c1oc2cc(C(F)(F)F)ccc2c1N. The van der Waals surface area contributed by atoms with Crippen molar-refractivity contribution >= 4 is 22.6 Å². The van der Waals surface area contributed by atoms with E-state index in [1.54, 1.807) is 0 Å². The van der Waals surface area contributed by atoms with Crippen molar-refractivity contribution in [2.24, 2.45) is 5.73 Å². The lowest BCUT2D eigenvalue weighted by atomic mass is 10.1. The van der Waals surface area contributed by atoms with Gasteiger partial charge < -0.3 is 15.9 Å². The first-order valence-electron chi connectivity index (χ1n) is 4.49. The molecule has 17 heavy (non-hydrogen) atoms. The van der Waals surface area contributed by atoms with Crippen molar-refractivity contribution in [1.82, 2.24) is 0 Å². The van der Waals surface area contributed by atoms with Gasteiger partial charge in [0.1, 0.15) is 5.58 Å². The molecule has 1 aromatic carbocycles. The number of carbonyl (C=O) groups is 1. The summed E-state index contributed by atoms with van der Waals surface area (Å²) in [6.45, 7) is 0. The maximum absolute atomic E-state index is 12.4. The second-order valence-electron chi connectivity index (χ2n) is 3.42. The quantitative estimate of drug-likeness (QED) is 0.806. The minimum absolute atomic E-state index is 0.0544. The Morgan fingerprint density at radius 2 is 1.94 bits per heavy atom. The van der Waals surface area contributed by atoms with Crippen LogP contribution >= 0.6 is 0 Å². The summed E-state index contributed by atoms with van der Waals surface area (Å²) in [7, 11) is 0. The average molecular weight is 244 g/mol. The van der Waals surface area contributed by atoms with E-state index in [-0.39, 0.29) is 22.4 Å². The second-order valence-corrected chi connectivity index (χ2v) is 3.42. The number of anilines is 1. The van der Waals surface area contributed by atoms with E-state index in [4.69, 9.17) is 15.9 Å². The number of carbonyl (C=O) groups excluding carboxylic acids is 1. The van der Waals surface area contributed by atoms with Gasteiger partial charge in [-0.2, -0.15) is 13.2 Å². The number of amides is 1. The van der Waals surface area contributed by atoms with Crippen LogP contribution in [0.15, 0.2) is 22.6 Å². The Labute approximate surface area is 93.0 Å². The van der Waals surface area contributed by atoms with Crippen molar-refractivity contribution in [1.29, 1.82) is 0 Å². The first kappa shape index (κ1) is 11.3. The molecule has 0 atom stereocenters. The molecule has 0 spiro atoms. The highest BCUT2D eigenvalue weighted by Crippen LogP contribution is 2.34. The molecule has 0 radical (unpaired) electrons. The molecular formula is C10H7F3N2O2. The molecule has 0 saturated carbocycles. The molecule has 90 valence electrons. The number of nitrogen functional groups attached to an aromatic ring is 1. The zero-order valence-corrected chi connectivity index (χ0v) is 8.34. The third kappa shape index (κ3) is 1.79. The van der Waals surface area contributed by atoms with Crippen LogP contribution in [0.25, 0.3) is 11.0 Å². The van der Waals surface area contributed by atoms with Crippen LogP contribution in [0.4, 0.5) is 18.9 Å². The molecule has 0 aliphatic rings. The zero-order chi connectivity index (χ0) is 12.8. The average Bonchev–Trinajstić information content (AvgIpc) is 2.54. The van der Waals surface area contributed by atoms with Crippen LogP contribution in [0, 0.1) is 0 Å². The molecule has 0 bridgehead atoms. The van der Waals surface area contributed by atoms with Gasteiger partial charge in [-0.1, -0.05) is 0 Å². The fourth-order valence-corrected chi connectivity index (χ4v) is 1.48. The molecule has 0 aliphatic heterocycles. The van der Waals surface area contributed by atoms with E-state index in [9.17, 15) is 18.0 Å². The summed E-state index contributed by atoms with van der Waals surface area (Å²) in [5.74, 6) is -1.26. The second kappa shape index (κ2) is 3.41. The van der Waals surface area contributed by atoms with Gasteiger partial charge in [0.15, 0.2) is 0 Å². The highest BCUT2D eigenvalue weighted by Gasteiger charge is 2.31. The zero-order valence-electron chi connectivity index (χ0n) is 8.34. The third-order valence-corrected chi connectivity index (χ3v) is 2.28. The summed E-state index contributed by atoms with van der Waals surface area (Å²) >= 11 is 0. The molecule has 7 heteroatoms.